The highest BCUT2D eigenvalue weighted by Gasteiger charge is 2.34. The Morgan fingerprint density at radius 2 is 1.40 bits per heavy atom. The van der Waals surface area contributed by atoms with Crippen molar-refractivity contribution in [3.05, 3.63) is 120 Å². The molecule has 4 aromatic rings. The van der Waals surface area contributed by atoms with Crippen LogP contribution in [0.5, 0.6) is 11.5 Å². The van der Waals surface area contributed by atoms with Gasteiger partial charge in [0, 0.05) is 30.9 Å². The Bertz CT molecular complexity index is 1690. The monoisotopic (exact) mass is 629 g/mol. The van der Waals surface area contributed by atoms with Crippen LogP contribution in [0.15, 0.2) is 108 Å². The van der Waals surface area contributed by atoms with Crippen molar-refractivity contribution in [2.75, 3.05) is 45.4 Å². The third-order valence-corrected chi connectivity index (χ3v) is 9.44. The van der Waals surface area contributed by atoms with Crippen LogP contribution in [0, 0.1) is 0 Å². The second-order valence-electron chi connectivity index (χ2n) is 10.3. The number of hydrogen-bond donors (Lipinski definition) is 1. The maximum absolute atomic E-state index is 14.3. The number of nitrogens with one attached hydrogen (secondary N) is 1. The van der Waals surface area contributed by atoms with Gasteiger partial charge in [0.15, 0.2) is 0 Å². The van der Waals surface area contributed by atoms with Crippen LogP contribution in [-0.2, 0) is 26.1 Å². The molecule has 1 aliphatic rings. The largest absolute Gasteiger partial charge is 0.497 e. The third kappa shape index (κ3) is 7.34. The number of carbonyl (C=O) groups is 2. The van der Waals surface area contributed by atoms with E-state index in [1.807, 2.05) is 30.3 Å². The quantitative estimate of drug-likeness (QED) is 0.261. The molecule has 234 valence electrons. The fraction of sp³-hybridized carbons (Fsp3) is 0.235. The van der Waals surface area contributed by atoms with Crippen molar-refractivity contribution < 1.29 is 32.2 Å². The lowest BCUT2D eigenvalue weighted by molar-refractivity contribution is -0.122. The third-order valence-electron chi connectivity index (χ3n) is 7.53. The number of benzene rings is 4. The zero-order chi connectivity index (χ0) is 31.8. The number of sulfonamides is 1. The number of rotatable bonds is 11. The Balaban J connectivity index is 1.50. The Labute approximate surface area is 263 Å². The molecule has 0 aliphatic carbocycles. The zero-order valence-corrected chi connectivity index (χ0v) is 25.9. The molecule has 10 nitrogen and oxygen atoms in total. The lowest BCUT2D eigenvalue weighted by Gasteiger charge is -2.32. The lowest BCUT2D eigenvalue weighted by atomic mass is 10.0. The molecule has 1 atom stereocenters. The van der Waals surface area contributed by atoms with Crippen molar-refractivity contribution in [2.24, 2.45) is 0 Å². The van der Waals surface area contributed by atoms with E-state index in [0.717, 1.165) is 5.56 Å². The maximum Gasteiger partial charge on any atom is 0.259 e. The van der Waals surface area contributed by atoms with E-state index in [1.54, 1.807) is 62.8 Å². The SMILES string of the molecule is COc1ccc(CNC(=O)[C@H](c2ccc(OC)cc2)N(C(=O)c2ccc(S(=O)(=O)N3CCOCC3)cc2)c2ccccc2)cc1. The molecule has 2 amide bonds. The molecule has 0 aromatic heterocycles. The van der Waals surface area contributed by atoms with Crippen LogP contribution in [0.25, 0.3) is 0 Å². The first kappa shape index (κ1) is 31.7. The van der Waals surface area contributed by atoms with E-state index in [9.17, 15) is 18.0 Å². The molecule has 0 unspecified atom stereocenters. The predicted octanol–water partition coefficient (Wildman–Crippen LogP) is 4.43. The van der Waals surface area contributed by atoms with Crippen molar-refractivity contribution >= 4 is 27.5 Å². The molecule has 1 saturated heterocycles. The van der Waals surface area contributed by atoms with Gasteiger partial charge in [0.25, 0.3) is 5.91 Å². The topological polar surface area (TPSA) is 114 Å². The van der Waals surface area contributed by atoms with Gasteiger partial charge in [-0.15, -0.1) is 0 Å². The fourth-order valence-electron chi connectivity index (χ4n) is 5.05. The molecule has 4 aromatic carbocycles. The van der Waals surface area contributed by atoms with E-state index >= 15 is 0 Å². The second-order valence-corrected chi connectivity index (χ2v) is 12.2. The first-order valence-electron chi connectivity index (χ1n) is 14.4. The highest BCUT2D eigenvalue weighted by molar-refractivity contribution is 7.89. The van der Waals surface area contributed by atoms with Crippen LogP contribution in [0.1, 0.15) is 27.5 Å². The molecular weight excluding hydrogens is 594 g/mol. The van der Waals surface area contributed by atoms with Crippen LogP contribution < -0.4 is 19.7 Å². The van der Waals surface area contributed by atoms with Crippen LogP contribution in [0.3, 0.4) is 0 Å². The molecule has 11 heteroatoms. The van der Waals surface area contributed by atoms with E-state index in [4.69, 9.17) is 14.2 Å². The number of hydrogen-bond acceptors (Lipinski definition) is 7. The van der Waals surface area contributed by atoms with Gasteiger partial charge in [0.05, 0.1) is 32.3 Å². The Hall–Kier alpha value is -4.71. The summed E-state index contributed by atoms with van der Waals surface area (Å²) in [5.74, 6) is 0.424. The minimum atomic E-state index is -3.75. The molecule has 0 radical (unpaired) electrons. The summed E-state index contributed by atoms with van der Waals surface area (Å²) in [7, 11) is -0.612. The summed E-state index contributed by atoms with van der Waals surface area (Å²) < 4.78 is 43.6. The van der Waals surface area contributed by atoms with Gasteiger partial charge >= 0.3 is 0 Å². The number of methoxy groups -OCH3 is 2. The van der Waals surface area contributed by atoms with Gasteiger partial charge in [0.2, 0.25) is 15.9 Å². The van der Waals surface area contributed by atoms with Gasteiger partial charge in [-0.3, -0.25) is 14.5 Å². The van der Waals surface area contributed by atoms with E-state index in [0.29, 0.717) is 36.0 Å². The molecule has 1 fully saturated rings. The van der Waals surface area contributed by atoms with E-state index in [1.165, 1.54) is 33.5 Å². The molecular formula is C34H35N3O7S. The van der Waals surface area contributed by atoms with Crippen molar-refractivity contribution in [2.45, 2.75) is 17.5 Å². The number of amides is 2. The van der Waals surface area contributed by atoms with Gasteiger partial charge in [0.1, 0.15) is 17.5 Å². The molecule has 0 saturated carbocycles. The second kappa shape index (κ2) is 14.4. The summed E-state index contributed by atoms with van der Waals surface area (Å²) >= 11 is 0. The summed E-state index contributed by atoms with van der Waals surface area (Å²) in [5.41, 5.74) is 2.13. The first-order valence-corrected chi connectivity index (χ1v) is 15.9. The summed E-state index contributed by atoms with van der Waals surface area (Å²) in [5, 5.41) is 2.99. The number of para-hydroxylation sites is 1. The predicted molar refractivity (Wildman–Crippen MR) is 170 cm³/mol. The molecule has 5 rings (SSSR count). The number of ether oxygens (including phenoxy) is 3. The van der Waals surface area contributed by atoms with Crippen molar-refractivity contribution in [3.8, 4) is 11.5 Å². The highest BCUT2D eigenvalue weighted by atomic mass is 32.2. The van der Waals surface area contributed by atoms with E-state index < -0.39 is 27.9 Å². The first-order chi connectivity index (χ1) is 21.8. The van der Waals surface area contributed by atoms with E-state index in [2.05, 4.69) is 5.32 Å². The Kier molecular flexibility index (Phi) is 10.1. The maximum atomic E-state index is 14.3. The van der Waals surface area contributed by atoms with Crippen LogP contribution in [0.2, 0.25) is 0 Å². The standard InChI is InChI=1S/C34H35N3O7S/c1-42-29-14-8-25(9-15-29)24-35-33(38)32(26-10-16-30(43-2)17-11-26)37(28-6-4-3-5-7-28)34(39)27-12-18-31(19-13-27)45(40,41)36-20-22-44-23-21-36/h3-19,32H,20-24H2,1-2H3,(H,35,38)/t32-/m0/s1. The molecule has 1 aliphatic heterocycles. The normalized spacial score (nSPS) is 14.3. The molecule has 0 spiro atoms. The Morgan fingerprint density at radius 3 is 1.98 bits per heavy atom. The van der Waals surface area contributed by atoms with Crippen LogP contribution >= 0.6 is 0 Å². The van der Waals surface area contributed by atoms with Gasteiger partial charge in [-0.05, 0) is 71.8 Å². The van der Waals surface area contributed by atoms with Gasteiger partial charge in [-0.25, -0.2) is 8.42 Å². The lowest BCUT2D eigenvalue weighted by Crippen LogP contribution is -2.44. The van der Waals surface area contributed by atoms with Gasteiger partial charge < -0.3 is 19.5 Å². The van der Waals surface area contributed by atoms with Crippen molar-refractivity contribution in [1.29, 1.82) is 0 Å². The van der Waals surface area contributed by atoms with Gasteiger partial charge in [-0.2, -0.15) is 4.31 Å². The zero-order valence-electron chi connectivity index (χ0n) is 25.1. The average Bonchev–Trinajstić information content (AvgIpc) is 3.10. The van der Waals surface area contributed by atoms with E-state index in [-0.39, 0.29) is 30.1 Å². The van der Waals surface area contributed by atoms with Crippen molar-refractivity contribution in [1.82, 2.24) is 9.62 Å². The molecule has 1 N–H and O–H groups in total. The average molecular weight is 630 g/mol. The minimum Gasteiger partial charge on any atom is -0.497 e. The number of carbonyl (C=O) groups excluding carboxylic acids is 2. The van der Waals surface area contributed by atoms with Crippen molar-refractivity contribution in [3.63, 3.8) is 0 Å². The van der Waals surface area contributed by atoms with Gasteiger partial charge in [-0.1, -0.05) is 42.5 Å². The highest BCUT2D eigenvalue weighted by Crippen LogP contribution is 2.31. The molecule has 1 heterocycles. The van der Waals surface area contributed by atoms with Crippen LogP contribution in [-0.4, -0.2) is 65.1 Å². The smallest absolute Gasteiger partial charge is 0.259 e. The number of morpholine rings is 1. The molecule has 45 heavy (non-hydrogen) atoms. The number of nitrogens with zero attached hydrogens (tertiary/aromatic N) is 2. The minimum absolute atomic E-state index is 0.0798. The number of anilines is 1. The fourth-order valence-corrected chi connectivity index (χ4v) is 6.46. The Morgan fingerprint density at radius 1 is 0.822 bits per heavy atom. The summed E-state index contributed by atoms with van der Waals surface area (Å²) in [4.78, 5) is 29.9. The summed E-state index contributed by atoms with van der Waals surface area (Å²) in [6.45, 7) is 1.41. The molecule has 0 bridgehead atoms. The summed E-state index contributed by atoms with van der Waals surface area (Å²) in [6.07, 6.45) is 0. The van der Waals surface area contributed by atoms with Crippen LogP contribution in [0.4, 0.5) is 5.69 Å². The summed E-state index contributed by atoms with van der Waals surface area (Å²) in [6, 6.07) is 27.9.